The summed E-state index contributed by atoms with van der Waals surface area (Å²) in [4.78, 5) is 12.9. The van der Waals surface area contributed by atoms with Crippen LogP contribution in [0.1, 0.15) is 35.3 Å². The molecule has 26 heavy (non-hydrogen) atoms. The van der Waals surface area contributed by atoms with E-state index >= 15 is 0 Å². The van der Waals surface area contributed by atoms with Gasteiger partial charge in [0.2, 0.25) is 0 Å². The quantitative estimate of drug-likeness (QED) is 0.719. The van der Waals surface area contributed by atoms with Gasteiger partial charge in [0.05, 0.1) is 24.4 Å². The van der Waals surface area contributed by atoms with Crippen molar-refractivity contribution in [3.8, 4) is 11.4 Å². The van der Waals surface area contributed by atoms with Gasteiger partial charge in [0.1, 0.15) is 12.1 Å². The van der Waals surface area contributed by atoms with E-state index in [1.165, 1.54) is 11.0 Å². The molecular formula is C18H18ClN5O2. The van der Waals surface area contributed by atoms with E-state index in [1.54, 1.807) is 25.3 Å². The predicted molar refractivity (Wildman–Crippen MR) is 97.7 cm³/mol. The van der Waals surface area contributed by atoms with Crippen molar-refractivity contribution >= 4 is 17.5 Å². The van der Waals surface area contributed by atoms with Gasteiger partial charge in [-0.05, 0) is 52.7 Å². The highest BCUT2D eigenvalue weighted by Crippen LogP contribution is 2.23. The number of nitrogens with one attached hydrogen (secondary N) is 1. The van der Waals surface area contributed by atoms with Crippen molar-refractivity contribution in [2.24, 2.45) is 0 Å². The highest BCUT2D eigenvalue weighted by atomic mass is 35.5. The minimum Gasteiger partial charge on any atom is -0.497 e. The number of rotatable bonds is 6. The number of hydrogen-bond acceptors (Lipinski definition) is 5. The van der Waals surface area contributed by atoms with E-state index in [0.29, 0.717) is 16.3 Å². The summed E-state index contributed by atoms with van der Waals surface area (Å²) in [6.07, 6.45) is 2.17. The molecule has 0 bridgehead atoms. The molecular weight excluding hydrogens is 354 g/mol. The Labute approximate surface area is 155 Å². The molecule has 1 aromatic heterocycles. The Morgan fingerprint density at radius 1 is 1.27 bits per heavy atom. The van der Waals surface area contributed by atoms with Gasteiger partial charge in [-0.25, -0.2) is 0 Å². The molecule has 2 aromatic carbocycles. The third-order valence-electron chi connectivity index (χ3n) is 4.03. The van der Waals surface area contributed by atoms with Crippen molar-refractivity contribution in [2.75, 3.05) is 7.11 Å². The Morgan fingerprint density at radius 2 is 2.04 bits per heavy atom. The van der Waals surface area contributed by atoms with Gasteiger partial charge in [-0.15, -0.1) is 5.10 Å². The average molecular weight is 372 g/mol. The molecule has 7 nitrogen and oxygen atoms in total. The molecule has 0 saturated carbocycles. The first kappa shape index (κ1) is 17.9. The standard InChI is InChI=1S/C18H18ClN5O2/c1-3-16(12-4-7-14(26-2)8-5-12)21-18(25)15-10-13(19)6-9-17(15)24-11-20-22-23-24/h4-11,16H,3H2,1-2H3,(H,21,25). The summed E-state index contributed by atoms with van der Waals surface area (Å²) in [6.45, 7) is 2.01. The average Bonchev–Trinajstić information content (AvgIpc) is 3.20. The van der Waals surface area contributed by atoms with Gasteiger partial charge >= 0.3 is 0 Å². The van der Waals surface area contributed by atoms with Crippen LogP contribution in [0.15, 0.2) is 48.8 Å². The van der Waals surface area contributed by atoms with Gasteiger partial charge in [0, 0.05) is 5.02 Å². The Morgan fingerprint density at radius 3 is 2.65 bits per heavy atom. The fourth-order valence-electron chi connectivity index (χ4n) is 2.65. The zero-order valence-corrected chi connectivity index (χ0v) is 15.1. The Hall–Kier alpha value is -2.93. The smallest absolute Gasteiger partial charge is 0.254 e. The number of carbonyl (C=O) groups is 1. The van der Waals surface area contributed by atoms with Crippen LogP contribution in [0.3, 0.4) is 0 Å². The van der Waals surface area contributed by atoms with Crippen LogP contribution < -0.4 is 10.1 Å². The Bertz CT molecular complexity index is 881. The van der Waals surface area contributed by atoms with E-state index < -0.39 is 0 Å². The van der Waals surface area contributed by atoms with Crippen LogP contribution in [-0.4, -0.2) is 33.2 Å². The topological polar surface area (TPSA) is 81.9 Å². The predicted octanol–water partition coefficient (Wildman–Crippen LogP) is 3.21. The van der Waals surface area contributed by atoms with Crippen LogP contribution in [0, 0.1) is 0 Å². The van der Waals surface area contributed by atoms with Crippen molar-refractivity contribution < 1.29 is 9.53 Å². The van der Waals surface area contributed by atoms with Crippen LogP contribution in [0.2, 0.25) is 5.02 Å². The van der Waals surface area contributed by atoms with Crippen molar-refractivity contribution in [3.05, 3.63) is 64.9 Å². The summed E-state index contributed by atoms with van der Waals surface area (Å²) in [6, 6.07) is 12.5. The second kappa shape index (κ2) is 7.97. The number of carbonyl (C=O) groups excluding carboxylic acids is 1. The summed E-state index contributed by atoms with van der Waals surface area (Å²) in [5.41, 5.74) is 1.95. The lowest BCUT2D eigenvalue weighted by molar-refractivity contribution is 0.0935. The van der Waals surface area contributed by atoms with Gasteiger partial charge in [0.15, 0.2) is 0 Å². The molecule has 1 N–H and O–H groups in total. The molecule has 0 spiro atoms. The second-order valence-electron chi connectivity index (χ2n) is 5.62. The first-order valence-corrected chi connectivity index (χ1v) is 8.48. The SMILES string of the molecule is CCC(NC(=O)c1cc(Cl)ccc1-n1cnnn1)c1ccc(OC)cc1. The van der Waals surface area contributed by atoms with E-state index in [0.717, 1.165) is 17.7 Å². The lowest BCUT2D eigenvalue weighted by atomic mass is 10.0. The molecule has 8 heteroatoms. The van der Waals surface area contributed by atoms with Crippen LogP contribution in [0.25, 0.3) is 5.69 Å². The summed E-state index contributed by atoms with van der Waals surface area (Å²) in [7, 11) is 1.62. The van der Waals surface area contributed by atoms with Gasteiger partial charge in [-0.2, -0.15) is 4.68 Å². The van der Waals surface area contributed by atoms with Gasteiger partial charge < -0.3 is 10.1 Å². The third kappa shape index (κ3) is 3.83. The summed E-state index contributed by atoms with van der Waals surface area (Å²) < 4.78 is 6.61. The first-order valence-electron chi connectivity index (χ1n) is 8.10. The monoisotopic (exact) mass is 371 g/mol. The zero-order chi connectivity index (χ0) is 18.5. The highest BCUT2D eigenvalue weighted by Gasteiger charge is 2.19. The molecule has 0 aliphatic heterocycles. The molecule has 1 amide bonds. The first-order chi connectivity index (χ1) is 12.6. The number of nitrogens with zero attached hydrogens (tertiary/aromatic N) is 4. The van der Waals surface area contributed by atoms with Crippen LogP contribution in [0.5, 0.6) is 5.75 Å². The summed E-state index contributed by atoms with van der Waals surface area (Å²) in [5.74, 6) is 0.520. The van der Waals surface area contributed by atoms with Crippen molar-refractivity contribution in [1.82, 2.24) is 25.5 Å². The number of halogens is 1. The highest BCUT2D eigenvalue weighted by molar-refractivity contribution is 6.31. The third-order valence-corrected chi connectivity index (χ3v) is 4.27. The number of hydrogen-bond donors (Lipinski definition) is 1. The number of benzene rings is 2. The Kier molecular flexibility index (Phi) is 5.48. The maximum absolute atomic E-state index is 12.9. The molecule has 0 aliphatic rings. The van der Waals surface area contributed by atoms with Crippen LogP contribution in [-0.2, 0) is 0 Å². The fourth-order valence-corrected chi connectivity index (χ4v) is 2.83. The molecule has 0 aliphatic carbocycles. The fraction of sp³-hybridized carbons (Fsp3) is 0.222. The number of ether oxygens (including phenoxy) is 1. The Balaban J connectivity index is 1.87. The molecule has 3 rings (SSSR count). The number of aromatic nitrogens is 4. The van der Waals surface area contributed by atoms with Crippen molar-refractivity contribution in [2.45, 2.75) is 19.4 Å². The van der Waals surface area contributed by atoms with E-state index in [-0.39, 0.29) is 11.9 Å². The largest absolute Gasteiger partial charge is 0.497 e. The number of tetrazole rings is 1. The minimum absolute atomic E-state index is 0.144. The van der Waals surface area contributed by atoms with Crippen LogP contribution >= 0.6 is 11.6 Å². The van der Waals surface area contributed by atoms with Gasteiger partial charge in [0.25, 0.3) is 5.91 Å². The molecule has 0 fully saturated rings. The second-order valence-corrected chi connectivity index (χ2v) is 6.06. The number of methoxy groups -OCH3 is 1. The normalized spacial score (nSPS) is 11.8. The molecule has 1 heterocycles. The van der Waals surface area contributed by atoms with Gasteiger partial charge in [-0.3, -0.25) is 4.79 Å². The molecule has 1 atom stereocenters. The van der Waals surface area contributed by atoms with Crippen LogP contribution in [0.4, 0.5) is 0 Å². The van der Waals surface area contributed by atoms with Crippen molar-refractivity contribution in [3.63, 3.8) is 0 Å². The number of amides is 1. The maximum Gasteiger partial charge on any atom is 0.254 e. The lowest BCUT2D eigenvalue weighted by Gasteiger charge is -2.19. The molecule has 134 valence electrons. The molecule has 0 saturated heterocycles. The summed E-state index contributed by atoms with van der Waals surface area (Å²) in [5, 5.41) is 14.6. The molecule has 0 radical (unpaired) electrons. The zero-order valence-electron chi connectivity index (χ0n) is 14.4. The summed E-state index contributed by atoms with van der Waals surface area (Å²) >= 11 is 6.09. The molecule has 1 unspecified atom stereocenters. The van der Waals surface area contributed by atoms with E-state index in [1.807, 2.05) is 31.2 Å². The minimum atomic E-state index is -0.249. The van der Waals surface area contributed by atoms with E-state index in [4.69, 9.17) is 16.3 Å². The van der Waals surface area contributed by atoms with Crippen molar-refractivity contribution in [1.29, 1.82) is 0 Å². The van der Waals surface area contributed by atoms with Gasteiger partial charge in [-0.1, -0.05) is 30.7 Å². The van der Waals surface area contributed by atoms with E-state index in [9.17, 15) is 4.79 Å². The molecule has 3 aromatic rings. The lowest BCUT2D eigenvalue weighted by Crippen LogP contribution is -2.29. The maximum atomic E-state index is 12.9. The van der Waals surface area contributed by atoms with E-state index in [2.05, 4.69) is 20.8 Å².